The molecule has 0 radical (unpaired) electrons. The molecule has 138 valence electrons. The van der Waals surface area contributed by atoms with Gasteiger partial charge in [0.05, 0.1) is 12.3 Å². The van der Waals surface area contributed by atoms with Crippen LogP contribution in [0.4, 0.5) is 23.0 Å². The van der Waals surface area contributed by atoms with E-state index in [1.54, 1.807) is 0 Å². The molecule has 1 aromatic heterocycles. The van der Waals surface area contributed by atoms with Crippen LogP contribution in [0, 0.1) is 0 Å². The summed E-state index contributed by atoms with van der Waals surface area (Å²) in [6.07, 6.45) is 9.94. The molecule has 4 N–H and O–H groups in total. The van der Waals surface area contributed by atoms with Crippen LogP contribution in [0.1, 0.15) is 39.0 Å². The first-order valence-electron chi connectivity index (χ1n) is 9.29. The lowest BCUT2D eigenvalue weighted by Gasteiger charge is -2.16. The third kappa shape index (κ3) is 4.65. The minimum Gasteiger partial charge on any atom is -0.492 e. The van der Waals surface area contributed by atoms with Crippen molar-refractivity contribution in [3.8, 4) is 5.75 Å². The summed E-state index contributed by atoms with van der Waals surface area (Å²) in [5.74, 6) is 2.01. The Bertz CT molecular complexity index is 760. The SMILES string of the molecule is CCOc1ccccc1Nc1ncnc(NCCC2=CCCCC2)c1N. The highest BCUT2D eigenvalue weighted by Crippen LogP contribution is 2.31. The van der Waals surface area contributed by atoms with Gasteiger partial charge in [0.2, 0.25) is 0 Å². The van der Waals surface area contributed by atoms with Crippen molar-refractivity contribution in [2.45, 2.75) is 39.0 Å². The number of para-hydroxylation sites is 2. The first-order chi connectivity index (χ1) is 12.8. The van der Waals surface area contributed by atoms with E-state index >= 15 is 0 Å². The molecule has 1 aliphatic rings. The predicted molar refractivity (Wildman–Crippen MR) is 107 cm³/mol. The van der Waals surface area contributed by atoms with Crippen LogP contribution in [-0.4, -0.2) is 23.1 Å². The molecule has 1 aromatic carbocycles. The Morgan fingerprint density at radius 2 is 2.00 bits per heavy atom. The summed E-state index contributed by atoms with van der Waals surface area (Å²) in [6, 6.07) is 7.74. The van der Waals surface area contributed by atoms with E-state index in [-0.39, 0.29) is 0 Å². The van der Waals surface area contributed by atoms with E-state index < -0.39 is 0 Å². The zero-order valence-corrected chi connectivity index (χ0v) is 15.3. The summed E-state index contributed by atoms with van der Waals surface area (Å²) in [6.45, 7) is 3.38. The average Bonchev–Trinajstić information content (AvgIpc) is 2.67. The van der Waals surface area contributed by atoms with Crippen molar-refractivity contribution in [3.63, 3.8) is 0 Å². The molecule has 0 fully saturated rings. The summed E-state index contributed by atoms with van der Waals surface area (Å²) in [7, 11) is 0. The molecule has 0 saturated heterocycles. The predicted octanol–water partition coefficient (Wildman–Crippen LogP) is 4.50. The van der Waals surface area contributed by atoms with E-state index in [1.807, 2.05) is 31.2 Å². The van der Waals surface area contributed by atoms with Gasteiger partial charge >= 0.3 is 0 Å². The van der Waals surface area contributed by atoms with Crippen LogP contribution < -0.4 is 21.1 Å². The zero-order chi connectivity index (χ0) is 18.2. The number of nitrogens with one attached hydrogen (secondary N) is 2. The molecule has 1 aliphatic carbocycles. The minimum atomic E-state index is 0.511. The molecule has 0 saturated carbocycles. The van der Waals surface area contributed by atoms with E-state index in [1.165, 1.54) is 37.6 Å². The number of nitrogens with zero attached hydrogens (tertiary/aromatic N) is 2. The lowest BCUT2D eigenvalue weighted by Crippen LogP contribution is -2.10. The minimum absolute atomic E-state index is 0.511. The molecule has 26 heavy (non-hydrogen) atoms. The molecule has 0 amide bonds. The van der Waals surface area contributed by atoms with Gasteiger partial charge in [-0.2, -0.15) is 0 Å². The number of ether oxygens (including phenoxy) is 1. The van der Waals surface area contributed by atoms with Gasteiger partial charge in [-0.05, 0) is 51.2 Å². The van der Waals surface area contributed by atoms with Crippen molar-refractivity contribution in [2.24, 2.45) is 0 Å². The van der Waals surface area contributed by atoms with Crippen molar-refractivity contribution in [3.05, 3.63) is 42.2 Å². The molecule has 1 heterocycles. The zero-order valence-electron chi connectivity index (χ0n) is 15.3. The fraction of sp³-hybridized carbons (Fsp3) is 0.400. The second-order valence-corrected chi connectivity index (χ2v) is 6.32. The number of aromatic nitrogens is 2. The van der Waals surface area contributed by atoms with Gasteiger partial charge in [0.25, 0.3) is 0 Å². The van der Waals surface area contributed by atoms with E-state index in [4.69, 9.17) is 10.5 Å². The molecule has 0 aliphatic heterocycles. The number of rotatable bonds is 8. The molecular formula is C20H27N5O. The van der Waals surface area contributed by atoms with E-state index in [0.717, 1.165) is 24.4 Å². The van der Waals surface area contributed by atoms with Crippen LogP contribution >= 0.6 is 0 Å². The Hall–Kier alpha value is -2.76. The van der Waals surface area contributed by atoms with Gasteiger partial charge in [0.15, 0.2) is 11.6 Å². The highest BCUT2D eigenvalue weighted by atomic mass is 16.5. The number of hydrogen-bond donors (Lipinski definition) is 3. The molecule has 0 spiro atoms. The monoisotopic (exact) mass is 353 g/mol. The van der Waals surface area contributed by atoms with Crippen molar-refractivity contribution < 1.29 is 4.74 Å². The highest BCUT2D eigenvalue weighted by Gasteiger charge is 2.11. The maximum atomic E-state index is 6.27. The number of anilines is 4. The van der Waals surface area contributed by atoms with Crippen LogP contribution in [-0.2, 0) is 0 Å². The quantitative estimate of drug-likeness (QED) is 0.606. The van der Waals surface area contributed by atoms with E-state index in [2.05, 4.69) is 26.7 Å². The van der Waals surface area contributed by atoms with Gasteiger partial charge in [0, 0.05) is 6.54 Å². The van der Waals surface area contributed by atoms with Crippen LogP contribution in [0.5, 0.6) is 5.75 Å². The standard InChI is InChI=1S/C20H27N5O/c1-2-26-17-11-7-6-10-16(17)25-20-18(21)19(23-14-24-20)22-13-12-15-8-4-3-5-9-15/h6-8,10-11,14H,2-5,9,12-13,21H2,1H3,(H2,22,23,24,25). The number of nitrogens with two attached hydrogens (primary N) is 1. The molecule has 0 unspecified atom stereocenters. The van der Waals surface area contributed by atoms with Gasteiger partial charge in [-0.15, -0.1) is 0 Å². The summed E-state index contributed by atoms with van der Waals surface area (Å²) in [5, 5.41) is 6.59. The van der Waals surface area contributed by atoms with Crippen molar-refractivity contribution >= 4 is 23.0 Å². The lowest BCUT2D eigenvalue weighted by atomic mass is 9.97. The van der Waals surface area contributed by atoms with Crippen LogP contribution in [0.2, 0.25) is 0 Å². The molecule has 6 nitrogen and oxygen atoms in total. The third-order valence-corrected chi connectivity index (χ3v) is 4.45. The Labute approximate surface area is 154 Å². The van der Waals surface area contributed by atoms with E-state index in [9.17, 15) is 0 Å². The number of benzene rings is 1. The maximum Gasteiger partial charge on any atom is 0.159 e. The van der Waals surface area contributed by atoms with Crippen molar-refractivity contribution in [1.29, 1.82) is 0 Å². The number of hydrogen-bond acceptors (Lipinski definition) is 6. The van der Waals surface area contributed by atoms with Crippen molar-refractivity contribution in [2.75, 3.05) is 29.5 Å². The molecule has 0 atom stereocenters. The van der Waals surface area contributed by atoms with E-state index in [0.29, 0.717) is 23.9 Å². The molecule has 0 bridgehead atoms. The largest absolute Gasteiger partial charge is 0.492 e. The van der Waals surface area contributed by atoms with Gasteiger partial charge < -0.3 is 21.1 Å². The summed E-state index contributed by atoms with van der Waals surface area (Å²) >= 11 is 0. The second-order valence-electron chi connectivity index (χ2n) is 6.32. The first-order valence-corrected chi connectivity index (χ1v) is 9.29. The molecular weight excluding hydrogens is 326 g/mol. The van der Waals surface area contributed by atoms with Crippen LogP contribution in [0.25, 0.3) is 0 Å². The second kappa shape index (κ2) is 9.08. The first kappa shape index (κ1) is 18.0. The fourth-order valence-electron chi connectivity index (χ4n) is 3.09. The summed E-state index contributed by atoms with van der Waals surface area (Å²) < 4.78 is 5.64. The summed E-state index contributed by atoms with van der Waals surface area (Å²) in [4.78, 5) is 8.56. The van der Waals surface area contributed by atoms with Crippen LogP contribution in [0.15, 0.2) is 42.2 Å². The highest BCUT2D eigenvalue weighted by molar-refractivity contribution is 5.79. The third-order valence-electron chi connectivity index (χ3n) is 4.45. The summed E-state index contributed by atoms with van der Waals surface area (Å²) in [5.41, 5.74) is 9.14. The van der Waals surface area contributed by atoms with Gasteiger partial charge in [-0.1, -0.05) is 23.8 Å². The topological polar surface area (TPSA) is 85.1 Å². The Morgan fingerprint density at radius 3 is 2.81 bits per heavy atom. The molecule has 6 heteroatoms. The Balaban J connectivity index is 1.66. The maximum absolute atomic E-state index is 6.27. The lowest BCUT2D eigenvalue weighted by molar-refractivity contribution is 0.342. The van der Waals surface area contributed by atoms with Crippen molar-refractivity contribution in [1.82, 2.24) is 9.97 Å². The number of allylic oxidation sites excluding steroid dienone is 1. The van der Waals surface area contributed by atoms with Crippen LogP contribution in [0.3, 0.4) is 0 Å². The van der Waals surface area contributed by atoms with Gasteiger partial charge in [-0.25, -0.2) is 9.97 Å². The number of nitrogen functional groups attached to an aromatic ring is 1. The smallest absolute Gasteiger partial charge is 0.159 e. The van der Waals surface area contributed by atoms with Gasteiger partial charge in [0.1, 0.15) is 17.8 Å². The average molecular weight is 353 g/mol. The Kier molecular flexibility index (Phi) is 6.30. The molecule has 3 rings (SSSR count). The van der Waals surface area contributed by atoms with Gasteiger partial charge in [-0.3, -0.25) is 0 Å². The Morgan fingerprint density at radius 1 is 1.15 bits per heavy atom. The normalized spacial score (nSPS) is 13.8. The molecule has 2 aromatic rings. The fourth-order valence-corrected chi connectivity index (χ4v) is 3.09.